The quantitative estimate of drug-likeness (QED) is 0.564. The third-order valence-corrected chi connectivity index (χ3v) is 7.22. The van der Waals surface area contributed by atoms with Crippen molar-refractivity contribution in [3.05, 3.63) is 63.5 Å². The van der Waals surface area contributed by atoms with Crippen LogP contribution in [0.1, 0.15) is 76.8 Å². The molecular formula is C27H33F3N4O2. The zero-order chi connectivity index (χ0) is 26.8. The number of benzene rings is 1. The molecule has 0 saturated heterocycles. The second kappa shape index (κ2) is 11.0. The minimum Gasteiger partial charge on any atom is -0.388 e. The Morgan fingerprint density at radius 2 is 1.97 bits per heavy atom. The average Bonchev–Trinajstić information content (AvgIpc) is 2.85. The highest BCUT2D eigenvalue weighted by molar-refractivity contribution is 5.97. The molecule has 1 aromatic heterocycles. The predicted molar refractivity (Wildman–Crippen MR) is 130 cm³/mol. The number of nitrogens with zero attached hydrogens (tertiary/aromatic N) is 4. The fourth-order valence-electron chi connectivity index (χ4n) is 4.50. The number of rotatable bonds is 8. The maximum atomic E-state index is 13.7. The lowest BCUT2D eigenvalue weighted by Gasteiger charge is -2.36. The van der Waals surface area contributed by atoms with E-state index in [1.807, 2.05) is 20.9 Å². The molecule has 3 unspecified atom stereocenters. The maximum absolute atomic E-state index is 13.7. The van der Waals surface area contributed by atoms with Crippen LogP contribution in [0, 0.1) is 24.2 Å². The van der Waals surface area contributed by atoms with Crippen molar-refractivity contribution in [2.45, 2.75) is 58.9 Å². The Hall–Kier alpha value is -2.96. The number of hydrogen-bond acceptors (Lipinski definition) is 5. The third-order valence-electron chi connectivity index (χ3n) is 7.22. The Balaban J connectivity index is 2.02. The number of fused-ring (bicyclic) bond motifs is 1. The Bertz CT molecular complexity index is 1160. The number of alkyl halides is 3. The van der Waals surface area contributed by atoms with E-state index in [-0.39, 0.29) is 18.0 Å². The Morgan fingerprint density at radius 1 is 1.28 bits per heavy atom. The smallest absolute Gasteiger partial charge is 0.388 e. The van der Waals surface area contributed by atoms with Crippen LogP contribution in [-0.2, 0) is 12.8 Å². The van der Waals surface area contributed by atoms with E-state index in [1.165, 1.54) is 6.20 Å². The molecule has 2 aromatic rings. The molecule has 1 aliphatic rings. The first kappa shape index (κ1) is 27.6. The monoisotopic (exact) mass is 502 g/mol. The fourth-order valence-corrected chi connectivity index (χ4v) is 4.50. The number of nitriles is 1. The number of likely N-dealkylation sites (N-methyl/N-ethyl adjacent to an activating group) is 1. The Kier molecular flexibility index (Phi) is 8.42. The number of hydrogen-bond donors (Lipinski definition) is 1. The van der Waals surface area contributed by atoms with Gasteiger partial charge >= 0.3 is 6.18 Å². The molecule has 1 N–H and O–H groups in total. The number of aliphatic hydroxyl groups excluding tert-OH is 1. The van der Waals surface area contributed by atoms with Crippen LogP contribution in [0.15, 0.2) is 24.4 Å². The van der Waals surface area contributed by atoms with Gasteiger partial charge in [-0.2, -0.15) is 18.4 Å². The molecule has 0 fully saturated rings. The van der Waals surface area contributed by atoms with Crippen molar-refractivity contribution < 1.29 is 23.1 Å². The predicted octanol–water partition coefficient (Wildman–Crippen LogP) is 4.75. The van der Waals surface area contributed by atoms with Crippen molar-refractivity contribution in [3.63, 3.8) is 0 Å². The molecule has 0 spiro atoms. The number of aromatic nitrogens is 1. The minimum absolute atomic E-state index is 0.180. The van der Waals surface area contributed by atoms with E-state index in [9.17, 15) is 28.3 Å². The van der Waals surface area contributed by atoms with E-state index in [0.29, 0.717) is 47.3 Å². The first-order valence-corrected chi connectivity index (χ1v) is 12.2. The normalized spacial score (nSPS) is 16.5. The summed E-state index contributed by atoms with van der Waals surface area (Å²) in [6, 6.07) is 6.85. The molecule has 3 atom stereocenters. The number of carbonyl (C=O) groups excluding carboxylic acids is 1. The summed E-state index contributed by atoms with van der Waals surface area (Å²) < 4.78 is 40.4. The molecule has 36 heavy (non-hydrogen) atoms. The summed E-state index contributed by atoms with van der Waals surface area (Å²) in [6.07, 6.45) is -3.98. The summed E-state index contributed by atoms with van der Waals surface area (Å²) in [5, 5.41) is 19.9. The summed E-state index contributed by atoms with van der Waals surface area (Å²) in [6.45, 7) is 8.39. The minimum atomic E-state index is -4.57. The number of halogens is 3. The first-order valence-electron chi connectivity index (χ1n) is 12.2. The van der Waals surface area contributed by atoms with Crippen LogP contribution in [0.2, 0.25) is 0 Å². The van der Waals surface area contributed by atoms with Gasteiger partial charge in [-0.1, -0.05) is 19.9 Å². The van der Waals surface area contributed by atoms with Gasteiger partial charge in [-0.25, -0.2) is 0 Å². The second-order valence-electron chi connectivity index (χ2n) is 9.59. The van der Waals surface area contributed by atoms with Crippen LogP contribution in [-0.4, -0.2) is 58.7 Å². The SMILES string of the molecule is CCN(C)CCc1cc2c(c(C(O)C(C)C(F)(F)F)c1)CCN(C(C)c1cc(C)c(C#N)cn1)C2=O. The highest BCUT2D eigenvalue weighted by Gasteiger charge is 2.43. The lowest BCUT2D eigenvalue weighted by molar-refractivity contribution is -0.195. The van der Waals surface area contributed by atoms with Crippen molar-refractivity contribution in [2.75, 3.05) is 26.7 Å². The number of pyridine rings is 1. The van der Waals surface area contributed by atoms with Gasteiger partial charge in [0.15, 0.2) is 0 Å². The van der Waals surface area contributed by atoms with E-state index in [0.717, 1.165) is 19.0 Å². The van der Waals surface area contributed by atoms with Crippen molar-refractivity contribution >= 4 is 5.91 Å². The zero-order valence-electron chi connectivity index (χ0n) is 21.4. The molecular weight excluding hydrogens is 469 g/mol. The zero-order valence-corrected chi connectivity index (χ0v) is 21.4. The van der Waals surface area contributed by atoms with Gasteiger partial charge in [0.25, 0.3) is 5.91 Å². The van der Waals surface area contributed by atoms with Gasteiger partial charge in [-0.05, 0) is 74.7 Å². The molecule has 6 nitrogen and oxygen atoms in total. The average molecular weight is 503 g/mol. The lowest BCUT2D eigenvalue weighted by atomic mass is 9.84. The van der Waals surface area contributed by atoms with Gasteiger partial charge in [0.2, 0.25) is 0 Å². The first-order chi connectivity index (χ1) is 16.9. The standard InChI is InChI=1S/C27H33F3N4O2/c1-6-33(5)9-7-19-12-22(25(35)17(3)27(28,29)30)21-8-10-34(26(36)23(21)13-19)18(4)24-11-16(2)20(14-31)15-32-24/h11-13,15,17-18,25,35H,6-10H2,1-5H3. The molecule has 9 heteroatoms. The molecule has 1 amide bonds. The lowest BCUT2D eigenvalue weighted by Crippen LogP contribution is -2.40. The van der Waals surface area contributed by atoms with Crippen LogP contribution in [0.25, 0.3) is 0 Å². The van der Waals surface area contributed by atoms with Crippen LogP contribution in [0.5, 0.6) is 0 Å². The molecule has 0 bridgehead atoms. The fraction of sp³-hybridized carbons (Fsp3) is 0.519. The number of amides is 1. The van der Waals surface area contributed by atoms with Gasteiger partial charge in [0.05, 0.1) is 29.3 Å². The summed E-state index contributed by atoms with van der Waals surface area (Å²) in [7, 11) is 1.95. The van der Waals surface area contributed by atoms with Crippen molar-refractivity contribution in [2.24, 2.45) is 5.92 Å². The number of aliphatic hydroxyl groups is 1. The molecule has 0 saturated carbocycles. The molecule has 2 heterocycles. The number of aryl methyl sites for hydroxylation is 1. The van der Waals surface area contributed by atoms with Crippen molar-refractivity contribution in [1.29, 1.82) is 5.26 Å². The van der Waals surface area contributed by atoms with E-state index in [2.05, 4.69) is 16.0 Å². The molecule has 0 aliphatic carbocycles. The summed E-state index contributed by atoms with van der Waals surface area (Å²) >= 11 is 0. The highest BCUT2D eigenvalue weighted by atomic mass is 19.4. The van der Waals surface area contributed by atoms with Gasteiger partial charge in [0.1, 0.15) is 6.07 Å². The van der Waals surface area contributed by atoms with Gasteiger partial charge < -0.3 is 14.9 Å². The van der Waals surface area contributed by atoms with Gasteiger partial charge in [-0.15, -0.1) is 0 Å². The number of carbonyl (C=O) groups is 1. The highest BCUT2D eigenvalue weighted by Crippen LogP contribution is 2.40. The molecule has 0 radical (unpaired) electrons. The summed E-state index contributed by atoms with van der Waals surface area (Å²) in [5.41, 5.74) is 3.55. The summed E-state index contributed by atoms with van der Waals surface area (Å²) in [5.74, 6) is -2.26. The molecule has 1 aliphatic heterocycles. The largest absolute Gasteiger partial charge is 0.394 e. The molecule has 1 aromatic carbocycles. The van der Waals surface area contributed by atoms with Crippen LogP contribution < -0.4 is 0 Å². The maximum Gasteiger partial charge on any atom is 0.394 e. The molecule has 3 rings (SSSR count). The summed E-state index contributed by atoms with van der Waals surface area (Å²) in [4.78, 5) is 21.7. The topological polar surface area (TPSA) is 80.5 Å². The van der Waals surface area contributed by atoms with Gasteiger partial charge in [-0.3, -0.25) is 9.78 Å². The van der Waals surface area contributed by atoms with E-state index in [4.69, 9.17) is 0 Å². The van der Waals surface area contributed by atoms with Crippen molar-refractivity contribution in [1.82, 2.24) is 14.8 Å². The van der Waals surface area contributed by atoms with Crippen LogP contribution in [0.3, 0.4) is 0 Å². The van der Waals surface area contributed by atoms with E-state index < -0.39 is 24.2 Å². The van der Waals surface area contributed by atoms with Crippen LogP contribution >= 0.6 is 0 Å². The van der Waals surface area contributed by atoms with Gasteiger partial charge in [0, 0.05) is 24.8 Å². The molecule has 194 valence electrons. The Labute approximate surface area is 210 Å². The second-order valence-corrected chi connectivity index (χ2v) is 9.59. The van der Waals surface area contributed by atoms with Crippen LogP contribution in [0.4, 0.5) is 13.2 Å². The Morgan fingerprint density at radius 3 is 2.56 bits per heavy atom. The van der Waals surface area contributed by atoms with Crippen molar-refractivity contribution in [3.8, 4) is 6.07 Å². The van der Waals surface area contributed by atoms with E-state index in [1.54, 1.807) is 30.0 Å². The van der Waals surface area contributed by atoms with E-state index >= 15 is 0 Å². The third kappa shape index (κ3) is 5.71.